The van der Waals surface area contributed by atoms with E-state index in [1.54, 1.807) is 12.0 Å². The summed E-state index contributed by atoms with van der Waals surface area (Å²) in [5, 5.41) is 10.1. The SMILES string of the molecule is COC(C)(C)CC(=O)N1CC(O)(C2CC2)C1. The lowest BCUT2D eigenvalue weighted by molar-refractivity contribution is -0.163. The number of hydrogen-bond acceptors (Lipinski definition) is 3. The Morgan fingerprint density at radius 1 is 1.50 bits per heavy atom. The van der Waals surface area contributed by atoms with Crippen molar-refractivity contribution < 1.29 is 14.6 Å². The standard InChI is InChI=1S/C12H21NO3/c1-11(2,16-3)6-10(14)13-7-12(15,8-13)9-4-5-9/h9,15H,4-8H2,1-3H3. The van der Waals surface area contributed by atoms with Crippen LogP contribution in [0.4, 0.5) is 0 Å². The van der Waals surface area contributed by atoms with E-state index in [1.165, 1.54) is 0 Å². The average molecular weight is 227 g/mol. The van der Waals surface area contributed by atoms with Gasteiger partial charge in [-0.25, -0.2) is 0 Å². The van der Waals surface area contributed by atoms with Crippen molar-refractivity contribution in [3.8, 4) is 0 Å². The molecule has 0 aromatic heterocycles. The van der Waals surface area contributed by atoms with Crippen LogP contribution < -0.4 is 0 Å². The zero-order valence-corrected chi connectivity index (χ0v) is 10.3. The quantitative estimate of drug-likeness (QED) is 0.772. The van der Waals surface area contributed by atoms with Gasteiger partial charge in [-0.15, -0.1) is 0 Å². The maximum absolute atomic E-state index is 11.9. The van der Waals surface area contributed by atoms with Crippen LogP contribution in [0.2, 0.25) is 0 Å². The Labute approximate surface area is 96.6 Å². The zero-order chi connectivity index (χ0) is 12.0. The van der Waals surface area contributed by atoms with Gasteiger partial charge in [0, 0.05) is 7.11 Å². The summed E-state index contributed by atoms with van der Waals surface area (Å²) < 4.78 is 5.23. The molecule has 1 aliphatic carbocycles. The van der Waals surface area contributed by atoms with Crippen LogP contribution in [-0.4, -0.2) is 47.3 Å². The predicted molar refractivity (Wildman–Crippen MR) is 60.0 cm³/mol. The summed E-state index contributed by atoms with van der Waals surface area (Å²) in [6, 6.07) is 0. The molecule has 92 valence electrons. The molecule has 1 saturated carbocycles. The van der Waals surface area contributed by atoms with E-state index in [1.807, 2.05) is 13.8 Å². The van der Waals surface area contributed by atoms with Gasteiger partial charge in [0.15, 0.2) is 0 Å². The van der Waals surface area contributed by atoms with Crippen LogP contribution in [0.1, 0.15) is 33.1 Å². The van der Waals surface area contributed by atoms with E-state index in [0.717, 1.165) is 12.8 Å². The summed E-state index contributed by atoms with van der Waals surface area (Å²) in [7, 11) is 1.62. The molecule has 0 atom stereocenters. The fraction of sp³-hybridized carbons (Fsp3) is 0.917. The maximum Gasteiger partial charge on any atom is 0.225 e. The third kappa shape index (κ3) is 2.23. The van der Waals surface area contributed by atoms with Gasteiger partial charge in [0.25, 0.3) is 0 Å². The van der Waals surface area contributed by atoms with Gasteiger partial charge >= 0.3 is 0 Å². The van der Waals surface area contributed by atoms with Gasteiger partial charge in [0.1, 0.15) is 5.60 Å². The minimum Gasteiger partial charge on any atom is -0.386 e. The van der Waals surface area contributed by atoms with Gasteiger partial charge < -0.3 is 14.7 Å². The van der Waals surface area contributed by atoms with Crippen molar-refractivity contribution >= 4 is 5.91 Å². The second-order valence-electron chi connectivity index (χ2n) is 5.77. The first-order chi connectivity index (χ1) is 7.36. The molecule has 2 rings (SSSR count). The van der Waals surface area contributed by atoms with Crippen molar-refractivity contribution in [2.45, 2.75) is 44.3 Å². The topological polar surface area (TPSA) is 49.8 Å². The largest absolute Gasteiger partial charge is 0.386 e. The van der Waals surface area contributed by atoms with Crippen LogP contribution in [0.3, 0.4) is 0 Å². The molecule has 1 aliphatic heterocycles. The molecule has 0 aromatic carbocycles. The lowest BCUT2D eigenvalue weighted by atomic mass is 9.88. The highest BCUT2D eigenvalue weighted by Crippen LogP contribution is 2.44. The second kappa shape index (κ2) is 3.70. The number of nitrogens with zero attached hydrogens (tertiary/aromatic N) is 1. The molecule has 1 heterocycles. The number of ether oxygens (including phenoxy) is 1. The number of rotatable bonds is 4. The Bertz CT molecular complexity index is 291. The number of β-amino-alcohol motifs (C(OH)–C–C–N with tert-alkyl or cyclic N) is 1. The number of likely N-dealkylation sites (tertiary alicyclic amines) is 1. The molecule has 1 amide bonds. The lowest BCUT2D eigenvalue weighted by Crippen LogP contribution is -2.65. The molecule has 1 N–H and O–H groups in total. The highest BCUT2D eigenvalue weighted by molar-refractivity contribution is 5.78. The first kappa shape index (κ1) is 11.9. The molecule has 0 spiro atoms. The van der Waals surface area contributed by atoms with E-state index in [-0.39, 0.29) is 5.91 Å². The molecule has 1 saturated heterocycles. The summed E-state index contributed by atoms with van der Waals surface area (Å²) in [6.07, 6.45) is 2.61. The third-order valence-corrected chi connectivity index (χ3v) is 3.75. The van der Waals surface area contributed by atoms with Crippen molar-refractivity contribution in [3.05, 3.63) is 0 Å². The Morgan fingerprint density at radius 2 is 2.06 bits per heavy atom. The van der Waals surface area contributed by atoms with Crippen molar-refractivity contribution in [2.75, 3.05) is 20.2 Å². The van der Waals surface area contributed by atoms with E-state index in [4.69, 9.17) is 4.74 Å². The van der Waals surface area contributed by atoms with Gasteiger partial charge in [-0.3, -0.25) is 4.79 Å². The second-order valence-corrected chi connectivity index (χ2v) is 5.77. The number of methoxy groups -OCH3 is 1. The smallest absolute Gasteiger partial charge is 0.225 e. The number of carbonyl (C=O) groups is 1. The first-order valence-corrected chi connectivity index (χ1v) is 5.92. The third-order valence-electron chi connectivity index (χ3n) is 3.75. The Balaban J connectivity index is 1.81. The summed E-state index contributed by atoms with van der Waals surface area (Å²) in [4.78, 5) is 13.6. The Morgan fingerprint density at radius 3 is 2.50 bits per heavy atom. The summed E-state index contributed by atoms with van der Waals surface area (Å²) >= 11 is 0. The molecule has 16 heavy (non-hydrogen) atoms. The summed E-state index contributed by atoms with van der Waals surface area (Å²) in [5.74, 6) is 0.518. The monoisotopic (exact) mass is 227 g/mol. The van der Waals surface area contributed by atoms with Crippen LogP contribution in [-0.2, 0) is 9.53 Å². The molecule has 0 unspecified atom stereocenters. The van der Waals surface area contributed by atoms with Crippen LogP contribution in [0.5, 0.6) is 0 Å². The number of hydrogen-bond donors (Lipinski definition) is 1. The van der Waals surface area contributed by atoms with E-state index in [2.05, 4.69) is 0 Å². The van der Waals surface area contributed by atoms with E-state index in [0.29, 0.717) is 25.4 Å². The Hall–Kier alpha value is -0.610. The van der Waals surface area contributed by atoms with Crippen molar-refractivity contribution in [1.82, 2.24) is 4.90 Å². The molecule has 2 aliphatic rings. The predicted octanol–water partition coefficient (Wildman–Crippen LogP) is 0.785. The fourth-order valence-electron chi connectivity index (χ4n) is 2.22. The van der Waals surface area contributed by atoms with Gasteiger partial charge in [-0.05, 0) is 32.6 Å². The lowest BCUT2D eigenvalue weighted by Gasteiger charge is -2.47. The fourth-order valence-corrected chi connectivity index (χ4v) is 2.22. The Kier molecular flexibility index (Phi) is 2.75. The number of aliphatic hydroxyl groups is 1. The van der Waals surface area contributed by atoms with Crippen LogP contribution in [0.25, 0.3) is 0 Å². The normalized spacial score (nSPS) is 24.1. The molecule has 4 nitrogen and oxygen atoms in total. The first-order valence-electron chi connectivity index (χ1n) is 5.92. The van der Waals surface area contributed by atoms with Crippen molar-refractivity contribution in [1.29, 1.82) is 0 Å². The minimum atomic E-state index is -0.577. The van der Waals surface area contributed by atoms with Gasteiger partial charge in [0.2, 0.25) is 5.91 Å². The average Bonchev–Trinajstić information content (AvgIpc) is 2.95. The highest BCUT2D eigenvalue weighted by Gasteiger charge is 2.53. The molecular weight excluding hydrogens is 206 g/mol. The minimum absolute atomic E-state index is 0.0807. The molecule has 4 heteroatoms. The van der Waals surface area contributed by atoms with Crippen LogP contribution >= 0.6 is 0 Å². The summed E-state index contributed by atoms with van der Waals surface area (Å²) in [5.41, 5.74) is -0.989. The van der Waals surface area contributed by atoms with E-state index >= 15 is 0 Å². The highest BCUT2D eigenvalue weighted by atomic mass is 16.5. The molecular formula is C12H21NO3. The molecule has 0 aromatic rings. The van der Waals surface area contributed by atoms with Gasteiger partial charge in [-0.1, -0.05) is 0 Å². The summed E-state index contributed by atoms with van der Waals surface area (Å²) in [6.45, 7) is 4.82. The van der Waals surface area contributed by atoms with Gasteiger partial charge in [0.05, 0.1) is 25.1 Å². The van der Waals surface area contributed by atoms with Crippen molar-refractivity contribution in [2.24, 2.45) is 5.92 Å². The van der Waals surface area contributed by atoms with Crippen molar-refractivity contribution in [3.63, 3.8) is 0 Å². The molecule has 0 bridgehead atoms. The van der Waals surface area contributed by atoms with Crippen LogP contribution in [0, 0.1) is 5.92 Å². The van der Waals surface area contributed by atoms with Crippen LogP contribution in [0.15, 0.2) is 0 Å². The van der Waals surface area contributed by atoms with E-state index < -0.39 is 11.2 Å². The number of carbonyl (C=O) groups excluding carboxylic acids is 1. The van der Waals surface area contributed by atoms with E-state index in [9.17, 15) is 9.90 Å². The molecule has 2 fully saturated rings. The number of amides is 1. The molecule has 0 radical (unpaired) electrons. The maximum atomic E-state index is 11.9. The zero-order valence-electron chi connectivity index (χ0n) is 10.3. The van der Waals surface area contributed by atoms with Gasteiger partial charge in [-0.2, -0.15) is 0 Å².